The van der Waals surface area contributed by atoms with Crippen LogP contribution in [-0.2, 0) is 14.6 Å². The van der Waals surface area contributed by atoms with E-state index in [-0.39, 0.29) is 29.4 Å². The van der Waals surface area contributed by atoms with Crippen LogP contribution < -0.4 is 5.32 Å². The van der Waals surface area contributed by atoms with Gasteiger partial charge in [0.25, 0.3) is 0 Å². The lowest BCUT2D eigenvalue weighted by molar-refractivity contribution is -0.122. The van der Waals surface area contributed by atoms with Crippen LogP contribution in [0, 0.1) is 5.92 Å². The Hall–Kier alpha value is -1.40. The second kappa shape index (κ2) is 7.66. The molecule has 1 aromatic carbocycles. The average molecular weight is 350 g/mol. The number of likely N-dealkylation sites (tertiary alicyclic amines) is 1. The van der Waals surface area contributed by atoms with Crippen molar-refractivity contribution in [1.29, 1.82) is 0 Å². The molecule has 2 heterocycles. The zero-order valence-corrected chi connectivity index (χ0v) is 14.8. The number of hydrogen-bond donors (Lipinski definition) is 1. The normalized spacial score (nSPS) is 24.8. The molecule has 2 atom stereocenters. The molecular weight excluding hydrogens is 324 g/mol. The molecule has 2 saturated heterocycles. The molecule has 0 aromatic heterocycles. The maximum absolute atomic E-state index is 12.2. The van der Waals surface area contributed by atoms with Crippen molar-refractivity contribution in [3.05, 3.63) is 35.9 Å². The van der Waals surface area contributed by atoms with Gasteiger partial charge in [-0.25, -0.2) is 8.42 Å². The predicted octanol–water partition coefficient (Wildman–Crippen LogP) is 1.76. The van der Waals surface area contributed by atoms with Crippen LogP contribution in [0.15, 0.2) is 30.3 Å². The third-order valence-corrected chi connectivity index (χ3v) is 6.90. The number of hydrogen-bond acceptors (Lipinski definition) is 4. The van der Waals surface area contributed by atoms with Gasteiger partial charge in [-0.2, -0.15) is 0 Å². The van der Waals surface area contributed by atoms with Crippen LogP contribution in [0.5, 0.6) is 0 Å². The highest BCUT2D eigenvalue weighted by Gasteiger charge is 2.30. The summed E-state index contributed by atoms with van der Waals surface area (Å²) >= 11 is 0. The minimum atomic E-state index is -2.92. The molecule has 0 spiro atoms. The van der Waals surface area contributed by atoms with E-state index in [1.54, 1.807) is 0 Å². The third-order valence-electron chi connectivity index (χ3n) is 5.06. The Bertz CT molecular complexity index is 654. The van der Waals surface area contributed by atoms with E-state index < -0.39 is 9.84 Å². The average Bonchev–Trinajstić information content (AvgIpc) is 3.18. The van der Waals surface area contributed by atoms with E-state index in [0.29, 0.717) is 19.4 Å². The van der Waals surface area contributed by atoms with Crippen LogP contribution in [0.4, 0.5) is 0 Å². The largest absolute Gasteiger partial charge is 0.354 e. The number of carbonyl (C=O) groups excluding carboxylic acids is 1. The third kappa shape index (κ3) is 4.57. The van der Waals surface area contributed by atoms with Gasteiger partial charge >= 0.3 is 0 Å². The van der Waals surface area contributed by atoms with Crippen molar-refractivity contribution in [3.8, 4) is 0 Å². The Morgan fingerprint density at radius 1 is 1.21 bits per heavy atom. The summed E-state index contributed by atoms with van der Waals surface area (Å²) in [6.07, 6.45) is 3.35. The monoisotopic (exact) mass is 350 g/mol. The van der Waals surface area contributed by atoms with Crippen LogP contribution in [0.3, 0.4) is 0 Å². The van der Waals surface area contributed by atoms with E-state index in [1.165, 1.54) is 18.4 Å². The molecule has 5 nitrogen and oxygen atoms in total. The number of rotatable bonds is 6. The van der Waals surface area contributed by atoms with E-state index in [2.05, 4.69) is 22.3 Å². The molecule has 0 saturated carbocycles. The number of amides is 1. The Balaban J connectivity index is 1.56. The summed E-state index contributed by atoms with van der Waals surface area (Å²) < 4.78 is 23.0. The zero-order valence-electron chi connectivity index (χ0n) is 14.0. The molecule has 0 aliphatic carbocycles. The van der Waals surface area contributed by atoms with Gasteiger partial charge in [0.15, 0.2) is 9.84 Å². The van der Waals surface area contributed by atoms with Gasteiger partial charge in [-0.05, 0) is 43.8 Å². The number of carbonyl (C=O) groups is 1. The summed E-state index contributed by atoms with van der Waals surface area (Å²) in [5, 5.41) is 3.04. The molecule has 2 aliphatic heterocycles. The van der Waals surface area contributed by atoms with Crippen LogP contribution in [0.1, 0.15) is 37.3 Å². The van der Waals surface area contributed by atoms with Crippen molar-refractivity contribution in [3.63, 3.8) is 0 Å². The van der Waals surface area contributed by atoms with E-state index in [9.17, 15) is 13.2 Å². The molecule has 2 aliphatic rings. The summed E-state index contributed by atoms with van der Waals surface area (Å²) in [5.41, 5.74) is 1.23. The molecule has 6 heteroatoms. The highest BCUT2D eigenvalue weighted by Crippen LogP contribution is 2.25. The van der Waals surface area contributed by atoms with Crippen LogP contribution >= 0.6 is 0 Å². The van der Waals surface area contributed by atoms with Crippen LogP contribution in [0.2, 0.25) is 0 Å². The Morgan fingerprint density at radius 3 is 2.54 bits per heavy atom. The molecule has 1 aromatic rings. The van der Waals surface area contributed by atoms with E-state index in [0.717, 1.165) is 13.1 Å². The van der Waals surface area contributed by atoms with Crippen LogP contribution in [0.25, 0.3) is 0 Å². The van der Waals surface area contributed by atoms with Crippen LogP contribution in [-0.4, -0.2) is 50.4 Å². The minimum Gasteiger partial charge on any atom is -0.354 e. The van der Waals surface area contributed by atoms with Gasteiger partial charge in [0.05, 0.1) is 17.5 Å². The van der Waals surface area contributed by atoms with Crippen molar-refractivity contribution < 1.29 is 13.2 Å². The Kier molecular flexibility index (Phi) is 5.56. The fraction of sp³-hybridized carbons (Fsp3) is 0.611. The Labute approximate surface area is 144 Å². The molecule has 0 radical (unpaired) electrons. The van der Waals surface area contributed by atoms with Crippen molar-refractivity contribution in [2.75, 3.05) is 31.1 Å². The molecular formula is C18H26N2O3S. The first-order chi connectivity index (χ1) is 11.5. The fourth-order valence-electron chi connectivity index (χ4n) is 3.76. The lowest BCUT2D eigenvalue weighted by Gasteiger charge is -2.28. The maximum Gasteiger partial charge on any atom is 0.220 e. The van der Waals surface area contributed by atoms with Crippen molar-refractivity contribution in [2.24, 2.45) is 5.92 Å². The number of nitrogens with one attached hydrogen (secondary N) is 1. The van der Waals surface area contributed by atoms with Gasteiger partial charge in [0.1, 0.15) is 0 Å². The van der Waals surface area contributed by atoms with E-state index in [4.69, 9.17) is 0 Å². The summed E-state index contributed by atoms with van der Waals surface area (Å²) in [7, 11) is -2.92. The number of nitrogens with zero attached hydrogens (tertiary/aromatic N) is 1. The fourth-order valence-corrected chi connectivity index (χ4v) is 5.63. The van der Waals surface area contributed by atoms with Crippen molar-refractivity contribution in [1.82, 2.24) is 10.2 Å². The summed E-state index contributed by atoms with van der Waals surface area (Å²) in [6, 6.07) is 10.5. The summed E-state index contributed by atoms with van der Waals surface area (Å²) in [5.74, 6) is 0.342. The molecule has 1 amide bonds. The molecule has 24 heavy (non-hydrogen) atoms. The number of benzene rings is 1. The summed E-state index contributed by atoms with van der Waals surface area (Å²) in [6.45, 7) is 2.72. The zero-order chi connectivity index (χ0) is 17.0. The van der Waals surface area contributed by atoms with E-state index >= 15 is 0 Å². The lowest BCUT2D eigenvalue weighted by Crippen LogP contribution is -2.37. The molecule has 0 bridgehead atoms. The second-order valence-corrected chi connectivity index (χ2v) is 9.18. The van der Waals surface area contributed by atoms with E-state index in [1.807, 2.05) is 18.2 Å². The van der Waals surface area contributed by atoms with Gasteiger partial charge in [-0.15, -0.1) is 0 Å². The summed E-state index contributed by atoms with van der Waals surface area (Å²) in [4.78, 5) is 14.7. The lowest BCUT2D eigenvalue weighted by atomic mass is 10.0. The van der Waals surface area contributed by atoms with Gasteiger partial charge in [-0.3, -0.25) is 9.69 Å². The maximum atomic E-state index is 12.2. The van der Waals surface area contributed by atoms with Gasteiger partial charge in [0, 0.05) is 13.0 Å². The Morgan fingerprint density at radius 2 is 1.92 bits per heavy atom. The van der Waals surface area contributed by atoms with Crippen molar-refractivity contribution >= 4 is 15.7 Å². The van der Waals surface area contributed by atoms with Gasteiger partial charge < -0.3 is 5.32 Å². The molecule has 132 valence electrons. The first kappa shape index (κ1) is 17.4. The molecule has 2 fully saturated rings. The topological polar surface area (TPSA) is 66.5 Å². The van der Waals surface area contributed by atoms with Crippen molar-refractivity contribution in [2.45, 2.75) is 31.7 Å². The highest BCUT2D eigenvalue weighted by molar-refractivity contribution is 7.91. The van der Waals surface area contributed by atoms with Gasteiger partial charge in [-0.1, -0.05) is 30.3 Å². The van der Waals surface area contributed by atoms with Gasteiger partial charge in [0.2, 0.25) is 5.91 Å². The smallest absolute Gasteiger partial charge is 0.220 e. The predicted molar refractivity (Wildman–Crippen MR) is 94.4 cm³/mol. The second-order valence-electron chi connectivity index (χ2n) is 6.95. The highest BCUT2D eigenvalue weighted by atomic mass is 32.2. The molecule has 3 rings (SSSR count). The number of sulfone groups is 1. The first-order valence-electron chi connectivity index (χ1n) is 8.79. The SMILES string of the molecule is O=C(CC1CCS(=O)(=O)C1)NCC(c1ccccc1)N1CCCC1. The molecule has 2 unspecified atom stereocenters. The standard InChI is InChI=1S/C18H26N2O3S/c21-18(12-15-8-11-24(22,23)14-15)19-13-17(20-9-4-5-10-20)16-6-2-1-3-7-16/h1-3,6-7,15,17H,4-5,8-14H2,(H,19,21). The first-order valence-corrected chi connectivity index (χ1v) is 10.6. The molecule has 1 N–H and O–H groups in total. The quantitative estimate of drug-likeness (QED) is 0.849. The minimum absolute atomic E-state index is 0.0167.